The van der Waals surface area contributed by atoms with Gasteiger partial charge in [0.1, 0.15) is 0 Å². The highest BCUT2D eigenvalue weighted by Gasteiger charge is 2.13. The first-order valence-electron chi connectivity index (χ1n) is 5.63. The first-order chi connectivity index (χ1) is 6.60. The molecule has 0 aromatic heterocycles. The van der Waals surface area contributed by atoms with Crippen LogP contribution in [-0.4, -0.2) is 51.2 Å². The molecule has 3 heteroatoms. The molecule has 1 fully saturated rings. The van der Waals surface area contributed by atoms with Crippen LogP contribution >= 0.6 is 0 Å². The van der Waals surface area contributed by atoms with E-state index >= 15 is 0 Å². The quantitative estimate of drug-likeness (QED) is 0.695. The summed E-state index contributed by atoms with van der Waals surface area (Å²) in [5.74, 6) is 0. The van der Waals surface area contributed by atoms with Gasteiger partial charge < -0.3 is 15.5 Å². The smallest absolute Gasteiger partial charge is 0.0192 e. The summed E-state index contributed by atoms with van der Waals surface area (Å²) >= 11 is 0. The molecule has 1 aliphatic heterocycles. The minimum atomic E-state index is 0.634. The molecule has 1 saturated heterocycles. The molecule has 0 bridgehead atoms. The van der Waals surface area contributed by atoms with E-state index in [0.717, 1.165) is 6.04 Å². The third-order valence-electron chi connectivity index (χ3n) is 2.61. The summed E-state index contributed by atoms with van der Waals surface area (Å²) in [6.45, 7) is 6.72. The minimum Gasteiger partial charge on any atom is -0.318 e. The fourth-order valence-electron chi connectivity index (χ4n) is 1.40. The van der Waals surface area contributed by atoms with Gasteiger partial charge in [0.25, 0.3) is 0 Å². The van der Waals surface area contributed by atoms with Crippen molar-refractivity contribution >= 4 is 0 Å². The Morgan fingerprint density at radius 1 is 1.29 bits per heavy atom. The molecular formula is C11H27N3. The Labute approximate surface area is 89.2 Å². The summed E-state index contributed by atoms with van der Waals surface area (Å²) in [7, 11) is 6.18. The van der Waals surface area contributed by atoms with Crippen molar-refractivity contribution in [3.05, 3.63) is 0 Å². The number of piperidine rings is 1. The minimum absolute atomic E-state index is 0.634. The van der Waals surface area contributed by atoms with Crippen LogP contribution in [-0.2, 0) is 0 Å². The van der Waals surface area contributed by atoms with E-state index in [1.54, 1.807) is 0 Å². The van der Waals surface area contributed by atoms with Gasteiger partial charge in [-0.15, -0.1) is 0 Å². The van der Waals surface area contributed by atoms with Crippen LogP contribution in [0.25, 0.3) is 0 Å². The monoisotopic (exact) mass is 201 g/mol. The van der Waals surface area contributed by atoms with Crippen molar-refractivity contribution in [1.82, 2.24) is 15.5 Å². The lowest BCUT2D eigenvalue weighted by Crippen LogP contribution is -2.42. The molecule has 0 aliphatic carbocycles. The second-order valence-corrected chi connectivity index (χ2v) is 4.33. The summed E-state index contributed by atoms with van der Waals surface area (Å²) in [5, 5.41) is 6.32. The molecule has 0 aromatic carbocycles. The third kappa shape index (κ3) is 7.30. The molecule has 0 saturated carbocycles. The zero-order valence-corrected chi connectivity index (χ0v) is 10.4. The van der Waals surface area contributed by atoms with Gasteiger partial charge in [-0.05, 0) is 40.5 Å². The molecule has 0 aromatic rings. The molecule has 3 nitrogen and oxygen atoms in total. The van der Waals surface area contributed by atoms with E-state index in [2.05, 4.69) is 36.4 Å². The van der Waals surface area contributed by atoms with Gasteiger partial charge in [-0.3, -0.25) is 0 Å². The first kappa shape index (κ1) is 13.9. The Morgan fingerprint density at radius 3 is 2.14 bits per heavy atom. The summed E-state index contributed by atoms with van der Waals surface area (Å²) < 4.78 is 0. The predicted molar refractivity (Wildman–Crippen MR) is 63.8 cm³/mol. The maximum Gasteiger partial charge on any atom is 0.0192 e. The van der Waals surface area contributed by atoms with Crippen LogP contribution < -0.4 is 10.6 Å². The van der Waals surface area contributed by atoms with Gasteiger partial charge in [-0.2, -0.15) is 0 Å². The van der Waals surface area contributed by atoms with Crippen LogP contribution in [0.15, 0.2) is 0 Å². The SMILES string of the molecule is CNC(C)C.CNC1CCCN(C)C1. The number of nitrogens with zero attached hydrogens (tertiary/aromatic N) is 1. The van der Waals surface area contributed by atoms with Gasteiger partial charge in [0.2, 0.25) is 0 Å². The van der Waals surface area contributed by atoms with Gasteiger partial charge in [-0.1, -0.05) is 13.8 Å². The molecule has 1 heterocycles. The zero-order valence-electron chi connectivity index (χ0n) is 10.4. The predicted octanol–water partition coefficient (Wildman–Crippen LogP) is 0.914. The molecule has 1 rings (SSSR count). The summed E-state index contributed by atoms with van der Waals surface area (Å²) in [6, 6.07) is 1.37. The molecule has 0 radical (unpaired) electrons. The average Bonchev–Trinajstić information content (AvgIpc) is 2.18. The van der Waals surface area contributed by atoms with E-state index in [4.69, 9.17) is 0 Å². The van der Waals surface area contributed by atoms with Crippen LogP contribution in [0.3, 0.4) is 0 Å². The molecule has 1 atom stereocenters. The zero-order chi connectivity index (χ0) is 11.0. The Balaban J connectivity index is 0.000000292. The number of likely N-dealkylation sites (N-methyl/N-ethyl adjacent to an activating group) is 2. The number of likely N-dealkylation sites (tertiary alicyclic amines) is 1. The third-order valence-corrected chi connectivity index (χ3v) is 2.61. The van der Waals surface area contributed by atoms with Crippen molar-refractivity contribution in [2.24, 2.45) is 0 Å². The number of hydrogen-bond acceptors (Lipinski definition) is 3. The molecule has 1 unspecified atom stereocenters. The average molecular weight is 201 g/mol. The van der Waals surface area contributed by atoms with Gasteiger partial charge >= 0.3 is 0 Å². The lowest BCUT2D eigenvalue weighted by molar-refractivity contribution is 0.234. The van der Waals surface area contributed by atoms with Crippen LogP contribution in [0.4, 0.5) is 0 Å². The second-order valence-electron chi connectivity index (χ2n) is 4.33. The van der Waals surface area contributed by atoms with Gasteiger partial charge in [-0.25, -0.2) is 0 Å². The van der Waals surface area contributed by atoms with E-state index in [1.807, 2.05) is 14.1 Å². The number of nitrogens with one attached hydrogen (secondary N) is 2. The van der Waals surface area contributed by atoms with E-state index in [-0.39, 0.29) is 0 Å². The maximum atomic E-state index is 3.29. The van der Waals surface area contributed by atoms with Crippen molar-refractivity contribution in [1.29, 1.82) is 0 Å². The molecule has 0 amide bonds. The van der Waals surface area contributed by atoms with Crippen molar-refractivity contribution in [2.75, 3.05) is 34.2 Å². The highest BCUT2D eigenvalue weighted by atomic mass is 15.1. The molecular weight excluding hydrogens is 174 g/mol. The highest BCUT2D eigenvalue weighted by Crippen LogP contribution is 2.06. The van der Waals surface area contributed by atoms with Gasteiger partial charge in [0, 0.05) is 18.6 Å². The van der Waals surface area contributed by atoms with Gasteiger partial charge in [0.15, 0.2) is 0 Å². The van der Waals surface area contributed by atoms with Crippen LogP contribution in [0, 0.1) is 0 Å². The summed E-state index contributed by atoms with van der Waals surface area (Å²) in [5.41, 5.74) is 0. The maximum absolute atomic E-state index is 3.29. The Hall–Kier alpha value is -0.120. The van der Waals surface area contributed by atoms with Gasteiger partial charge in [0.05, 0.1) is 0 Å². The Morgan fingerprint density at radius 2 is 1.86 bits per heavy atom. The molecule has 1 aliphatic rings. The fraction of sp³-hybridized carbons (Fsp3) is 1.00. The summed E-state index contributed by atoms with van der Waals surface area (Å²) in [4.78, 5) is 2.38. The van der Waals surface area contributed by atoms with E-state index in [0.29, 0.717) is 6.04 Å². The largest absolute Gasteiger partial charge is 0.318 e. The molecule has 0 spiro atoms. The lowest BCUT2D eigenvalue weighted by atomic mass is 10.1. The normalized spacial score (nSPS) is 23.1. The fourth-order valence-corrected chi connectivity index (χ4v) is 1.40. The van der Waals surface area contributed by atoms with Crippen LogP contribution in [0.2, 0.25) is 0 Å². The Bertz CT molecular complexity index is 126. The van der Waals surface area contributed by atoms with Crippen LogP contribution in [0.1, 0.15) is 26.7 Å². The second kappa shape index (κ2) is 8.21. The number of hydrogen-bond donors (Lipinski definition) is 2. The summed E-state index contributed by atoms with van der Waals surface area (Å²) in [6.07, 6.45) is 2.70. The highest BCUT2D eigenvalue weighted by molar-refractivity contribution is 4.74. The standard InChI is InChI=1S/C7H16N2.C4H11N/c1-8-7-4-3-5-9(2)6-7;1-4(2)5-3/h7-8H,3-6H2,1-2H3;4-5H,1-3H3. The van der Waals surface area contributed by atoms with E-state index < -0.39 is 0 Å². The first-order valence-corrected chi connectivity index (χ1v) is 5.63. The van der Waals surface area contributed by atoms with E-state index in [9.17, 15) is 0 Å². The van der Waals surface area contributed by atoms with Crippen molar-refractivity contribution in [3.8, 4) is 0 Å². The topological polar surface area (TPSA) is 27.3 Å². The number of rotatable bonds is 2. The molecule has 14 heavy (non-hydrogen) atoms. The molecule has 86 valence electrons. The van der Waals surface area contributed by atoms with Crippen molar-refractivity contribution in [3.63, 3.8) is 0 Å². The van der Waals surface area contributed by atoms with Crippen molar-refractivity contribution < 1.29 is 0 Å². The van der Waals surface area contributed by atoms with E-state index in [1.165, 1.54) is 25.9 Å². The van der Waals surface area contributed by atoms with Crippen LogP contribution in [0.5, 0.6) is 0 Å². The van der Waals surface area contributed by atoms with Crippen molar-refractivity contribution in [2.45, 2.75) is 38.8 Å². The molecule has 2 N–H and O–H groups in total. The Kier molecular flexibility index (Phi) is 8.14. The lowest BCUT2D eigenvalue weighted by Gasteiger charge is -2.29.